The maximum Gasteiger partial charge on any atom is 0.253 e. The molecule has 200 valence electrons. The van der Waals surface area contributed by atoms with Crippen molar-refractivity contribution in [3.8, 4) is 0 Å². The standard InChI is InChI=1S/C30H34BrClN4O2/c1-3-38-34-28(21-4-7-24(31)8-5-21)22-11-16-36(17-12-22)30(2)13-18-35(19-14-30)29(37)23-6-9-25-26(32)10-15-33-27(25)20-23/h4-10,15,20,22H,3,11-14,16-19H2,1-2H3/b34-28-. The van der Waals surface area contributed by atoms with Gasteiger partial charge in [0, 0.05) is 46.2 Å². The zero-order valence-electron chi connectivity index (χ0n) is 22.0. The molecule has 3 heterocycles. The number of aromatic nitrogens is 1. The van der Waals surface area contributed by atoms with Gasteiger partial charge in [-0.1, -0.05) is 50.9 Å². The molecule has 3 aromatic rings. The Labute approximate surface area is 238 Å². The van der Waals surface area contributed by atoms with Crippen LogP contribution in [-0.4, -0.2) is 64.7 Å². The number of nitrogens with zero attached hydrogens (tertiary/aromatic N) is 4. The second kappa shape index (κ2) is 11.7. The van der Waals surface area contributed by atoms with E-state index in [-0.39, 0.29) is 11.4 Å². The second-order valence-corrected chi connectivity index (χ2v) is 11.8. The first kappa shape index (κ1) is 27.1. The third-order valence-corrected chi connectivity index (χ3v) is 9.00. The Hall–Kier alpha value is -2.48. The predicted octanol–water partition coefficient (Wildman–Crippen LogP) is 6.80. The SMILES string of the molecule is CCO/N=C(/c1ccc(Br)cc1)C1CCN(C2(C)CCN(C(=O)c3ccc4c(Cl)ccnc4c3)CC2)CC1. The normalized spacial score (nSPS) is 19.1. The molecular formula is C30H34BrClN4O2. The zero-order chi connectivity index (χ0) is 26.7. The molecule has 0 saturated carbocycles. The van der Waals surface area contributed by atoms with Crippen LogP contribution in [0.2, 0.25) is 5.02 Å². The molecule has 0 radical (unpaired) electrons. The molecule has 5 rings (SSSR count). The smallest absolute Gasteiger partial charge is 0.253 e. The summed E-state index contributed by atoms with van der Waals surface area (Å²) in [6.45, 7) is 8.45. The monoisotopic (exact) mass is 596 g/mol. The van der Waals surface area contributed by atoms with E-state index in [1.165, 1.54) is 0 Å². The van der Waals surface area contributed by atoms with Crippen LogP contribution in [0.15, 0.2) is 64.4 Å². The van der Waals surface area contributed by atoms with Crippen molar-refractivity contribution in [2.24, 2.45) is 11.1 Å². The van der Waals surface area contributed by atoms with E-state index in [9.17, 15) is 4.79 Å². The molecule has 0 bridgehead atoms. The van der Waals surface area contributed by atoms with Crippen LogP contribution in [-0.2, 0) is 4.84 Å². The van der Waals surface area contributed by atoms with Gasteiger partial charge in [0.15, 0.2) is 0 Å². The number of benzene rings is 2. The van der Waals surface area contributed by atoms with E-state index in [1.54, 1.807) is 12.3 Å². The predicted molar refractivity (Wildman–Crippen MR) is 157 cm³/mol. The maximum absolute atomic E-state index is 13.3. The van der Waals surface area contributed by atoms with Crippen LogP contribution in [0.25, 0.3) is 10.9 Å². The van der Waals surface area contributed by atoms with Gasteiger partial charge in [0.25, 0.3) is 5.91 Å². The minimum atomic E-state index is 0.0701. The van der Waals surface area contributed by atoms with Gasteiger partial charge in [-0.25, -0.2) is 0 Å². The molecule has 8 heteroatoms. The highest BCUT2D eigenvalue weighted by molar-refractivity contribution is 9.10. The van der Waals surface area contributed by atoms with E-state index < -0.39 is 0 Å². The number of amides is 1. The molecule has 0 aliphatic carbocycles. The van der Waals surface area contributed by atoms with E-state index in [0.717, 1.165) is 78.5 Å². The fraction of sp³-hybridized carbons (Fsp3) is 0.433. The second-order valence-electron chi connectivity index (χ2n) is 10.5. The highest BCUT2D eigenvalue weighted by Crippen LogP contribution is 2.34. The van der Waals surface area contributed by atoms with Crippen molar-refractivity contribution in [1.29, 1.82) is 0 Å². The van der Waals surface area contributed by atoms with Crippen LogP contribution in [0.5, 0.6) is 0 Å². The van der Waals surface area contributed by atoms with Gasteiger partial charge in [-0.05, 0) is 88.5 Å². The lowest BCUT2D eigenvalue weighted by Gasteiger charge is -2.49. The molecule has 38 heavy (non-hydrogen) atoms. The Morgan fingerprint density at radius 1 is 1.08 bits per heavy atom. The third-order valence-electron chi connectivity index (χ3n) is 8.14. The minimum absolute atomic E-state index is 0.0701. The molecule has 2 aliphatic heterocycles. The Balaban J connectivity index is 1.20. The molecule has 2 fully saturated rings. The quantitative estimate of drug-likeness (QED) is 0.232. The number of carbonyl (C=O) groups excluding carboxylic acids is 1. The summed E-state index contributed by atoms with van der Waals surface area (Å²) in [6.07, 6.45) is 5.71. The number of carbonyl (C=O) groups is 1. The average Bonchev–Trinajstić information content (AvgIpc) is 2.94. The number of hydrogen-bond donors (Lipinski definition) is 0. The van der Waals surface area contributed by atoms with Gasteiger partial charge in [0.2, 0.25) is 0 Å². The summed E-state index contributed by atoms with van der Waals surface area (Å²) in [5.41, 5.74) is 3.70. The van der Waals surface area contributed by atoms with Crippen LogP contribution in [0.4, 0.5) is 0 Å². The Kier molecular flexibility index (Phi) is 8.36. The third kappa shape index (κ3) is 5.75. The average molecular weight is 598 g/mol. The number of pyridine rings is 1. The van der Waals surface area contributed by atoms with Crippen molar-refractivity contribution in [3.05, 3.63) is 75.4 Å². The van der Waals surface area contributed by atoms with Crippen molar-refractivity contribution in [2.45, 2.75) is 45.1 Å². The van der Waals surface area contributed by atoms with Crippen molar-refractivity contribution in [3.63, 3.8) is 0 Å². The van der Waals surface area contributed by atoms with E-state index in [4.69, 9.17) is 16.4 Å². The van der Waals surface area contributed by atoms with E-state index in [2.05, 4.69) is 62.2 Å². The molecule has 0 unspecified atom stereocenters. The molecule has 2 aliphatic rings. The highest BCUT2D eigenvalue weighted by Gasteiger charge is 2.39. The van der Waals surface area contributed by atoms with Gasteiger partial charge >= 0.3 is 0 Å². The van der Waals surface area contributed by atoms with Crippen LogP contribution >= 0.6 is 27.5 Å². The van der Waals surface area contributed by atoms with Crippen molar-refractivity contribution < 1.29 is 9.63 Å². The molecule has 0 atom stereocenters. The summed E-state index contributed by atoms with van der Waals surface area (Å²) in [4.78, 5) is 27.8. The van der Waals surface area contributed by atoms with Crippen LogP contribution in [0.1, 0.15) is 55.5 Å². The molecule has 0 spiro atoms. The lowest BCUT2D eigenvalue weighted by atomic mass is 9.82. The number of likely N-dealkylation sites (tertiary alicyclic amines) is 2. The Bertz CT molecular complexity index is 1310. The summed E-state index contributed by atoms with van der Waals surface area (Å²) in [7, 11) is 0. The largest absolute Gasteiger partial charge is 0.396 e. The van der Waals surface area contributed by atoms with Crippen LogP contribution in [0.3, 0.4) is 0 Å². The first-order chi connectivity index (χ1) is 18.4. The maximum atomic E-state index is 13.3. The van der Waals surface area contributed by atoms with Gasteiger partial charge in [-0.15, -0.1) is 0 Å². The molecule has 0 N–H and O–H groups in total. The summed E-state index contributed by atoms with van der Waals surface area (Å²) in [5.74, 6) is 0.444. The molecule has 1 aromatic heterocycles. The number of piperidine rings is 2. The van der Waals surface area contributed by atoms with Gasteiger partial charge in [0.1, 0.15) is 6.61 Å². The van der Waals surface area contributed by atoms with Gasteiger partial charge in [0.05, 0.1) is 16.3 Å². The number of halogens is 2. The Morgan fingerprint density at radius 3 is 2.45 bits per heavy atom. The van der Waals surface area contributed by atoms with E-state index in [1.807, 2.05) is 30.0 Å². The van der Waals surface area contributed by atoms with Crippen molar-refractivity contribution >= 4 is 50.1 Å². The molecule has 2 saturated heterocycles. The van der Waals surface area contributed by atoms with Gasteiger partial charge in [-0.3, -0.25) is 14.7 Å². The summed E-state index contributed by atoms with van der Waals surface area (Å²) in [6, 6.07) is 15.7. The zero-order valence-corrected chi connectivity index (χ0v) is 24.3. The fourth-order valence-electron chi connectivity index (χ4n) is 5.75. The highest BCUT2D eigenvalue weighted by atomic mass is 79.9. The topological polar surface area (TPSA) is 58.0 Å². The van der Waals surface area contributed by atoms with E-state index >= 15 is 0 Å². The summed E-state index contributed by atoms with van der Waals surface area (Å²) in [5, 5.41) is 6.05. The van der Waals surface area contributed by atoms with Gasteiger partial charge < -0.3 is 9.74 Å². The molecule has 6 nitrogen and oxygen atoms in total. The van der Waals surface area contributed by atoms with Gasteiger partial charge in [-0.2, -0.15) is 0 Å². The molecule has 1 amide bonds. The lowest BCUT2D eigenvalue weighted by molar-refractivity contribution is 0.0161. The lowest BCUT2D eigenvalue weighted by Crippen LogP contribution is -2.56. The molecule has 2 aromatic carbocycles. The van der Waals surface area contributed by atoms with E-state index in [0.29, 0.717) is 23.1 Å². The Morgan fingerprint density at radius 2 is 1.76 bits per heavy atom. The number of oxime groups is 1. The van der Waals surface area contributed by atoms with Crippen molar-refractivity contribution in [2.75, 3.05) is 32.8 Å². The molecular weight excluding hydrogens is 564 g/mol. The van der Waals surface area contributed by atoms with Crippen LogP contribution < -0.4 is 0 Å². The minimum Gasteiger partial charge on any atom is -0.396 e. The number of hydrogen-bond acceptors (Lipinski definition) is 5. The summed E-state index contributed by atoms with van der Waals surface area (Å²) >= 11 is 9.80. The first-order valence-corrected chi connectivity index (χ1v) is 14.6. The van der Waals surface area contributed by atoms with Crippen LogP contribution in [0, 0.1) is 5.92 Å². The van der Waals surface area contributed by atoms with Crippen molar-refractivity contribution in [1.82, 2.24) is 14.8 Å². The number of rotatable bonds is 6. The first-order valence-electron chi connectivity index (χ1n) is 13.4. The fourth-order valence-corrected chi connectivity index (χ4v) is 6.23. The number of fused-ring (bicyclic) bond motifs is 1. The summed E-state index contributed by atoms with van der Waals surface area (Å²) < 4.78 is 1.06.